The molecule has 2 aromatic rings. The lowest BCUT2D eigenvalue weighted by molar-refractivity contribution is 0.0570. The first-order valence-corrected chi connectivity index (χ1v) is 9.63. The smallest absolute Gasteiger partial charge is 0.409 e. The number of nitrogens with one attached hydrogen (secondary N) is 1. The van der Waals surface area contributed by atoms with Gasteiger partial charge in [0, 0.05) is 43.6 Å². The van der Waals surface area contributed by atoms with Gasteiger partial charge < -0.3 is 19.9 Å². The third kappa shape index (κ3) is 4.79. The van der Waals surface area contributed by atoms with Gasteiger partial charge in [-0.15, -0.1) is 0 Å². The van der Waals surface area contributed by atoms with Gasteiger partial charge in [-0.25, -0.2) is 9.78 Å². The van der Waals surface area contributed by atoms with Gasteiger partial charge >= 0.3 is 6.09 Å². The molecule has 1 aromatic heterocycles. The van der Waals surface area contributed by atoms with Gasteiger partial charge in [0.1, 0.15) is 5.82 Å². The van der Waals surface area contributed by atoms with Crippen LogP contribution in [0.3, 0.4) is 0 Å². The third-order valence-electron chi connectivity index (χ3n) is 4.73. The molecule has 2 amide bonds. The molecule has 1 aliphatic heterocycles. The van der Waals surface area contributed by atoms with E-state index in [9.17, 15) is 9.59 Å². The van der Waals surface area contributed by atoms with Crippen molar-refractivity contribution in [2.45, 2.75) is 20.3 Å². The summed E-state index contributed by atoms with van der Waals surface area (Å²) in [6, 6.07) is 11.6. The molecule has 2 heterocycles. The Morgan fingerprint density at radius 3 is 2.36 bits per heavy atom. The number of ether oxygens (including phenoxy) is 1. The Morgan fingerprint density at radius 2 is 1.71 bits per heavy atom. The number of aromatic nitrogens is 1. The van der Waals surface area contributed by atoms with E-state index in [1.807, 2.05) is 12.1 Å². The van der Waals surface area contributed by atoms with Crippen molar-refractivity contribution in [3.63, 3.8) is 0 Å². The fourth-order valence-electron chi connectivity index (χ4n) is 3.09. The molecule has 1 aliphatic rings. The van der Waals surface area contributed by atoms with Gasteiger partial charge in [0.25, 0.3) is 5.91 Å². The van der Waals surface area contributed by atoms with Crippen LogP contribution >= 0.6 is 0 Å². The van der Waals surface area contributed by atoms with Crippen LogP contribution in [0.1, 0.15) is 29.8 Å². The highest BCUT2D eigenvalue weighted by atomic mass is 16.6. The summed E-state index contributed by atoms with van der Waals surface area (Å²) in [5.74, 6) is 0.565. The topological polar surface area (TPSA) is 74.8 Å². The van der Waals surface area contributed by atoms with E-state index in [1.54, 1.807) is 35.1 Å². The largest absolute Gasteiger partial charge is 0.450 e. The van der Waals surface area contributed by atoms with Gasteiger partial charge in [0.05, 0.1) is 6.61 Å². The van der Waals surface area contributed by atoms with Gasteiger partial charge in [-0.05, 0) is 43.2 Å². The predicted molar refractivity (Wildman–Crippen MR) is 108 cm³/mol. The second-order valence-corrected chi connectivity index (χ2v) is 6.58. The van der Waals surface area contributed by atoms with Gasteiger partial charge in [-0.1, -0.05) is 19.1 Å². The van der Waals surface area contributed by atoms with Crippen LogP contribution < -0.4 is 5.32 Å². The fourth-order valence-corrected chi connectivity index (χ4v) is 3.09. The minimum absolute atomic E-state index is 0.0599. The predicted octanol–water partition coefficient (Wildman–Crippen LogP) is 3.30. The van der Waals surface area contributed by atoms with E-state index in [2.05, 4.69) is 29.4 Å². The van der Waals surface area contributed by atoms with Crippen molar-refractivity contribution in [3.8, 4) is 0 Å². The van der Waals surface area contributed by atoms with Gasteiger partial charge in [-0.2, -0.15) is 0 Å². The van der Waals surface area contributed by atoms with Crippen LogP contribution in [0, 0.1) is 0 Å². The summed E-state index contributed by atoms with van der Waals surface area (Å²) in [5, 5.41) is 3.24. The van der Waals surface area contributed by atoms with Crippen molar-refractivity contribution >= 4 is 23.5 Å². The summed E-state index contributed by atoms with van der Waals surface area (Å²) in [7, 11) is 0. The first-order valence-electron chi connectivity index (χ1n) is 9.63. The Bertz CT molecular complexity index is 815. The molecule has 7 heteroatoms. The Balaban J connectivity index is 1.61. The molecule has 1 aromatic carbocycles. The molecule has 0 atom stereocenters. The lowest BCUT2D eigenvalue weighted by atomic mass is 10.1. The van der Waals surface area contributed by atoms with E-state index in [-0.39, 0.29) is 12.0 Å². The van der Waals surface area contributed by atoms with Crippen molar-refractivity contribution < 1.29 is 14.3 Å². The normalized spacial score (nSPS) is 13.9. The summed E-state index contributed by atoms with van der Waals surface area (Å²) in [6.45, 7) is 6.18. The molecule has 7 nitrogen and oxygen atoms in total. The number of hydrogen-bond acceptors (Lipinski definition) is 5. The molecule has 0 bridgehead atoms. The van der Waals surface area contributed by atoms with Crippen molar-refractivity contribution in [1.29, 1.82) is 0 Å². The van der Waals surface area contributed by atoms with Crippen molar-refractivity contribution in [2.75, 3.05) is 38.1 Å². The summed E-state index contributed by atoms with van der Waals surface area (Å²) < 4.78 is 5.02. The molecule has 0 spiro atoms. The van der Waals surface area contributed by atoms with E-state index < -0.39 is 0 Å². The number of anilines is 2. The van der Waals surface area contributed by atoms with Crippen LogP contribution in [0.4, 0.5) is 16.3 Å². The molecule has 0 aliphatic carbocycles. The average Bonchev–Trinajstić information content (AvgIpc) is 2.74. The maximum Gasteiger partial charge on any atom is 0.409 e. The van der Waals surface area contributed by atoms with Gasteiger partial charge in [0.2, 0.25) is 0 Å². The molecule has 0 unspecified atom stereocenters. The number of pyridine rings is 1. The Kier molecular flexibility index (Phi) is 6.47. The van der Waals surface area contributed by atoms with Crippen molar-refractivity contribution in [3.05, 3.63) is 53.7 Å². The van der Waals surface area contributed by atoms with Crippen LogP contribution in [0.5, 0.6) is 0 Å². The zero-order valence-electron chi connectivity index (χ0n) is 16.4. The number of benzene rings is 1. The van der Waals surface area contributed by atoms with Crippen molar-refractivity contribution in [2.24, 2.45) is 0 Å². The second-order valence-electron chi connectivity index (χ2n) is 6.58. The number of nitrogens with zero attached hydrogens (tertiary/aromatic N) is 3. The number of aryl methyl sites for hydroxylation is 1. The highest BCUT2D eigenvalue weighted by Crippen LogP contribution is 2.18. The number of rotatable bonds is 5. The molecule has 148 valence electrons. The van der Waals surface area contributed by atoms with E-state index in [0.717, 1.165) is 12.1 Å². The number of hydrogen-bond donors (Lipinski definition) is 1. The van der Waals surface area contributed by atoms with Crippen LogP contribution in [0.2, 0.25) is 0 Å². The summed E-state index contributed by atoms with van der Waals surface area (Å²) in [5.41, 5.74) is 2.77. The Morgan fingerprint density at radius 1 is 1.04 bits per heavy atom. The van der Waals surface area contributed by atoms with Crippen LogP contribution in [-0.4, -0.2) is 59.6 Å². The highest BCUT2D eigenvalue weighted by molar-refractivity contribution is 5.95. The molecular weight excluding hydrogens is 356 g/mol. The number of carbonyl (C=O) groups excluding carboxylic acids is 2. The minimum Gasteiger partial charge on any atom is -0.450 e. The number of amides is 2. The van der Waals surface area contributed by atoms with Crippen LogP contribution in [0.15, 0.2) is 42.6 Å². The third-order valence-corrected chi connectivity index (χ3v) is 4.73. The minimum atomic E-state index is -0.320. The van der Waals surface area contributed by atoms with E-state index in [1.165, 1.54) is 5.56 Å². The molecular formula is C21H26N4O3. The number of carbonyl (C=O) groups is 2. The Labute approximate surface area is 165 Å². The maximum absolute atomic E-state index is 12.8. The second kappa shape index (κ2) is 9.21. The van der Waals surface area contributed by atoms with Gasteiger partial charge in [-0.3, -0.25) is 4.79 Å². The van der Waals surface area contributed by atoms with Crippen LogP contribution in [-0.2, 0) is 11.2 Å². The van der Waals surface area contributed by atoms with E-state index in [0.29, 0.717) is 44.2 Å². The zero-order valence-corrected chi connectivity index (χ0v) is 16.4. The molecule has 0 saturated carbocycles. The Hall–Kier alpha value is -3.09. The van der Waals surface area contributed by atoms with E-state index >= 15 is 0 Å². The molecule has 1 N–H and O–H groups in total. The SMILES string of the molecule is CCOC(=O)N1CCN(C(=O)c2ccnc(Nc3ccc(CC)cc3)c2)CC1. The molecule has 3 rings (SSSR count). The average molecular weight is 382 g/mol. The van der Waals surface area contributed by atoms with E-state index in [4.69, 9.17) is 4.74 Å². The van der Waals surface area contributed by atoms with Gasteiger partial charge in [0.15, 0.2) is 0 Å². The summed E-state index contributed by atoms with van der Waals surface area (Å²) in [4.78, 5) is 32.3. The maximum atomic E-state index is 12.8. The summed E-state index contributed by atoms with van der Waals surface area (Å²) >= 11 is 0. The first kappa shape index (κ1) is 19.7. The standard InChI is InChI=1S/C21H26N4O3/c1-3-16-5-7-18(8-6-16)23-19-15-17(9-10-22-19)20(26)24-11-13-25(14-12-24)21(27)28-4-2/h5-10,15H,3-4,11-14H2,1-2H3,(H,22,23). The monoisotopic (exact) mass is 382 g/mol. The number of piperazine rings is 1. The van der Waals surface area contributed by atoms with Crippen molar-refractivity contribution in [1.82, 2.24) is 14.8 Å². The molecule has 0 radical (unpaired) electrons. The molecule has 1 fully saturated rings. The zero-order chi connectivity index (χ0) is 19.9. The molecule has 28 heavy (non-hydrogen) atoms. The lowest BCUT2D eigenvalue weighted by Crippen LogP contribution is -2.50. The quantitative estimate of drug-likeness (QED) is 0.859. The first-order chi connectivity index (χ1) is 13.6. The lowest BCUT2D eigenvalue weighted by Gasteiger charge is -2.34. The highest BCUT2D eigenvalue weighted by Gasteiger charge is 2.25. The van der Waals surface area contributed by atoms with Crippen LogP contribution in [0.25, 0.3) is 0 Å². The summed E-state index contributed by atoms with van der Waals surface area (Å²) in [6.07, 6.45) is 2.30. The molecule has 1 saturated heterocycles. The fraction of sp³-hybridized carbons (Fsp3) is 0.381.